The van der Waals surface area contributed by atoms with Gasteiger partial charge in [-0.2, -0.15) is 0 Å². The molecule has 3 aromatic heterocycles. The molecule has 1 amide bonds. The molecule has 0 aliphatic carbocycles. The maximum absolute atomic E-state index is 13.3. The van der Waals surface area contributed by atoms with Crippen LogP contribution in [0.2, 0.25) is 0 Å². The zero-order chi connectivity index (χ0) is 23.0. The second-order valence-corrected chi connectivity index (χ2v) is 10.8. The molecule has 1 aromatic carbocycles. The zero-order valence-electron chi connectivity index (χ0n) is 18.3. The minimum atomic E-state index is -3.62. The number of nitrogens with zero attached hydrogens (tertiary/aromatic N) is 3. The van der Waals surface area contributed by atoms with Gasteiger partial charge in [-0.25, -0.2) is 17.7 Å². The van der Waals surface area contributed by atoms with Crippen LogP contribution in [0.4, 0.5) is 0 Å². The lowest BCUT2D eigenvalue weighted by atomic mass is 10.1. The van der Waals surface area contributed by atoms with E-state index in [4.69, 9.17) is 0 Å². The van der Waals surface area contributed by atoms with Crippen LogP contribution in [0.1, 0.15) is 26.5 Å². The van der Waals surface area contributed by atoms with Gasteiger partial charge in [-0.15, -0.1) is 11.3 Å². The SMILES string of the molecule is Cc1cc(C)c2c(-n3cccc3)c(C(=O)NCc3ccccc3S(=O)(=O)N(C)C)sc2n1. The van der Waals surface area contributed by atoms with Crippen molar-refractivity contribution >= 4 is 37.5 Å². The Morgan fingerprint density at radius 1 is 1.12 bits per heavy atom. The number of aromatic nitrogens is 2. The number of thiophene rings is 1. The molecule has 0 aliphatic heterocycles. The van der Waals surface area contributed by atoms with Crippen molar-refractivity contribution in [3.8, 4) is 5.69 Å². The molecule has 0 spiro atoms. The summed E-state index contributed by atoms with van der Waals surface area (Å²) in [5.74, 6) is -0.272. The van der Waals surface area contributed by atoms with Crippen LogP contribution >= 0.6 is 11.3 Å². The summed E-state index contributed by atoms with van der Waals surface area (Å²) in [5.41, 5.74) is 3.26. The maximum atomic E-state index is 13.3. The van der Waals surface area contributed by atoms with Crippen LogP contribution in [0.3, 0.4) is 0 Å². The van der Waals surface area contributed by atoms with Gasteiger partial charge in [-0.05, 0) is 49.2 Å². The third kappa shape index (κ3) is 3.94. The molecule has 0 radical (unpaired) electrons. The lowest BCUT2D eigenvalue weighted by molar-refractivity contribution is 0.0954. The van der Waals surface area contributed by atoms with Gasteiger partial charge in [0.05, 0.1) is 10.6 Å². The Bertz CT molecular complexity index is 1400. The summed E-state index contributed by atoms with van der Waals surface area (Å²) >= 11 is 1.34. The van der Waals surface area contributed by atoms with Crippen molar-refractivity contribution < 1.29 is 13.2 Å². The Hall–Kier alpha value is -3.01. The molecular weight excluding hydrogens is 444 g/mol. The van der Waals surface area contributed by atoms with E-state index in [0.717, 1.165) is 27.2 Å². The Labute approximate surface area is 191 Å². The summed E-state index contributed by atoms with van der Waals surface area (Å²) in [6.45, 7) is 4.04. The van der Waals surface area contributed by atoms with E-state index in [-0.39, 0.29) is 17.3 Å². The van der Waals surface area contributed by atoms with E-state index in [9.17, 15) is 13.2 Å². The first-order valence-electron chi connectivity index (χ1n) is 10.0. The number of hydrogen-bond donors (Lipinski definition) is 1. The molecule has 4 aromatic rings. The van der Waals surface area contributed by atoms with Crippen molar-refractivity contribution in [2.75, 3.05) is 14.1 Å². The number of fused-ring (bicyclic) bond motifs is 1. The Kier molecular flexibility index (Phi) is 5.89. The molecule has 9 heteroatoms. The summed E-state index contributed by atoms with van der Waals surface area (Å²) in [4.78, 5) is 19.4. The predicted molar refractivity (Wildman–Crippen MR) is 127 cm³/mol. The number of rotatable bonds is 6. The highest BCUT2D eigenvalue weighted by Gasteiger charge is 2.24. The van der Waals surface area contributed by atoms with E-state index >= 15 is 0 Å². The van der Waals surface area contributed by atoms with Crippen LogP contribution in [0, 0.1) is 13.8 Å². The highest BCUT2D eigenvalue weighted by Crippen LogP contribution is 2.36. The monoisotopic (exact) mass is 468 g/mol. The summed E-state index contributed by atoms with van der Waals surface area (Å²) < 4.78 is 28.4. The third-order valence-corrected chi connectivity index (χ3v) is 8.19. The first-order chi connectivity index (χ1) is 15.2. The van der Waals surface area contributed by atoms with Crippen molar-refractivity contribution in [3.63, 3.8) is 0 Å². The van der Waals surface area contributed by atoms with E-state index < -0.39 is 10.0 Å². The smallest absolute Gasteiger partial charge is 0.263 e. The quantitative estimate of drug-likeness (QED) is 0.465. The van der Waals surface area contributed by atoms with Crippen LogP contribution in [-0.4, -0.2) is 42.3 Å². The summed E-state index contributed by atoms with van der Waals surface area (Å²) in [6.07, 6.45) is 3.80. The van der Waals surface area contributed by atoms with Gasteiger partial charge in [0.15, 0.2) is 0 Å². The largest absolute Gasteiger partial charge is 0.347 e. The molecule has 0 bridgehead atoms. The number of carbonyl (C=O) groups is 1. The Morgan fingerprint density at radius 3 is 2.50 bits per heavy atom. The molecule has 4 rings (SSSR count). The minimum absolute atomic E-state index is 0.0902. The molecule has 0 saturated heterocycles. The van der Waals surface area contributed by atoms with Gasteiger partial charge in [0.2, 0.25) is 10.0 Å². The number of hydrogen-bond acceptors (Lipinski definition) is 5. The fraction of sp³-hybridized carbons (Fsp3) is 0.217. The van der Waals surface area contributed by atoms with E-state index in [1.54, 1.807) is 24.3 Å². The average molecular weight is 469 g/mol. The number of pyridine rings is 1. The lowest BCUT2D eigenvalue weighted by Gasteiger charge is -2.15. The number of sulfonamides is 1. The zero-order valence-corrected chi connectivity index (χ0v) is 19.9. The third-order valence-electron chi connectivity index (χ3n) is 5.20. The topological polar surface area (TPSA) is 84.3 Å². The standard InChI is InChI=1S/C23H24N4O3S2/c1-15-13-16(2)25-23-19(15)20(27-11-7-8-12-27)21(31-23)22(28)24-14-17-9-5-6-10-18(17)32(29,30)26(3)4/h5-13H,14H2,1-4H3,(H,24,28). The van der Waals surface area contributed by atoms with E-state index in [0.29, 0.717) is 10.4 Å². The van der Waals surface area contributed by atoms with Gasteiger partial charge in [0, 0.05) is 44.1 Å². The predicted octanol–water partition coefficient (Wildman–Crippen LogP) is 3.88. The Morgan fingerprint density at radius 2 is 1.81 bits per heavy atom. The van der Waals surface area contributed by atoms with Gasteiger partial charge < -0.3 is 9.88 Å². The van der Waals surface area contributed by atoms with Crippen molar-refractivity contribution in [1.29, 1.82) is 0 Å². The van der Waals surface area contributed by atoms with Crippen LogP contribution in [0.25, 0.3) is 15.9 Å². The molecule has 7 nitrogen and oxygen atoms in total. The number of amides is 1. The molecule has 0 fully saturated rings. The number of benzene rings is 1. The van der Waals surface area contributed by atoms with Crippen LogP contribution in [-0.2, 0) is 16.6 Å². The molecule has 0 saturated carbocycles. The molecule has 1 N–H and O–H groups in total. The van der Waals surface area contributed by atoms with E-state index in [1.165, 1.54) is 29.7 Å². The number of carbonyl (C=O) groups excluding carboxylic acids is 1. The van der Waals surface area contributed by atoms with Crippen molar-refractivity contribution in [2.45, 2.75) is 25.3 Å². The average Bonchev–Trinajstić information content (AvgIpc) is 3.39. The second kappa shape index (κ2) is 8.50. The molecule has 32 heavy (non-hydrogen) atoms. The van der Waals surface area contributed by atoms with E-state index in [2.05, 4.69) is 10.3 Å². The summed E-state index contributed by atoms with van der Waals surface area (Å²) in [5, 5.41) is 3.85. The first-order valence-corrected chi connectivity index (χ1v) is 12.3. The Balaban J connectivity index is 1.73. The summed E-state index contributed by atoms with van der Waals surface area (Å²) in [6, 6.07) is 12.5. The van der Waals surface area contributed by atoms with E-state index in [1.807, 2.05) is 49.0 Å². The summed E-state index contributed by atoms with van der Waals surface area (Å²) in [7, 11) is -0.647. The van der Waals surface area contributed by atoms with Crippen LogP contribution in [0.15, 0.2) is 59.8 Å². The molecule has 0 atom stereocenters. The van der Waals surface area contributed by atoms with Gasteiger partial charge in [-0.1, -0.05) is 18.2 Å². The lowest BCUT2D eigenvalue weighted by Crippen LogP contribution is -2.27. The number of nitrogens with one attached hydrogen (secondary N) is 1. The molecule has 0 aliphatic rings. The minimum Gasteiger partial charge on any atom is -0.347 e. The maximum Gasteiger partial charge on any atom is 0.263 e. The van der Waals surface area contributed by atoms with Gasteiger partial charge in [-0.3, -0.25) is 4.79 Å². The fourth-order valence-corrected chi connectivity index (χ4v) is 5.99. The molecule has 3 heterocycles. The number of aryl methyl sites for hydroxylation is 2. The normalized spacial score (nSPS) is 11.9. The van der Waals surface area contributed by atoms with Crippen molar-refractivity contribution in [2.24, 2.45) is 0 Å². The van der Waals surface area contributed by atoms with Crippen molar-refractivity contribution in [1.82, 2.24) is 19.2 Å². The fourth-order valence-electron chi connectivity index (χ4n) is 3.66. The van der Waals surface area contributed by atoms with Crippen LogP contribution in [0.5, 0.6) is 0 Å². The van der Waals surface area contributed by atoms with Gasteiger partial charge >= 0.3 is 0 Å². The highest BCUT2D eigenvalue weighted by atomic mass is 32.2. The van der Waals surface area contributed by atoms with Crippen molar-refractivity contribution in [3.05, 3.63) is 76.6 Å². The highest BCUT2D eigenvalue weighted by molar-refractivity contribution is 7.89. The molecule has 166 valence electrons. The van der Waals surface area contributed by atoms with Gasteiger partial charge in [0.25, 0.3) is 5.91 Å². The molecule has 0 unspecified atom stereocenters. The van der Waals surface area contributed by atoms with Crippen LogP contribution < -0.4 is 5.32 Å². The van der Waals surface area contributed by atoms with Gasteiger partial charge in [0.1, 0.15) is 9.71 Å². The molecular formula is C23H24N4O3S2. The first kappa shape index (κ1) is 22.2. The second-order valence-electron chi connectivity index (χ2n) is 7.71.